The number of ether oxygens (including phenoxy) is 1. The normalized spacial score (nSPS) is 23.3. The second-order valence-corrected chi connectivity index (χ2v) is 5.02. The van der Waals surface area contributed by atoms with Crippen molar-refractivity contribution in [3.05, 3.63) is 29.8 Å². The van der Waals surface area contributed by atoms with Gasteiger partial charge in [-0.25, -0.2) is 0 Å². The lowest BCUT2D eigenvalue weighted by Gasteiger charge is -2.27. The number of benzene rings is 1. The van der Waals surface area contributed by atoms with Crippen molar-refractivity contribution in [1.82, 2.24) is 0 Å². The predicted molar refractivity (Wildman–Crippen MR) is 69.2 cm³/mol. The van der Waals surface area contributed by atoms with Crippen LogP contribution in [0.25, 0.3) is 0 Å². The summed E-state index contributed by atoms with van der Waals surface area (Å²) >= 11 is 0. The summed E-state index contributed by atoms with van der Waals surface area (Å²) in [7, 11) is 0. The summed E-state index contributed by atoms with van der Waals surface area (Å²) in [5.41, 5.74) is 0.658. The number of nitriles is 1. The Balaban J connectivity index is 1.76. The molecular weight excluding hydrogens is 226 g/mol. The van der Waals surface area contributed by atoms with Gasteiger partial charge in [0.15, 0.2) is 0 Å². The van der Waals surface area contributed by atoms with Crippen molar-refractivity contribution in [2.75, 3.05) is 13.2 Å². The van der Waals surface area contributed by atoms with E-state index < -0.39 is 0 Å². The number of aliphatic hydroxyl groups is 1. The van der Waals surface area contributed by atoms with Crippen molar-refractivity contribution in [1.29, 1.82) is 5.26 Å². The predicted octanol–water partition coefficient (Wildman–Crippen LogP) is 2.74. The van der Waals surface area contributed by atoms with Crippen molar-refractivity contribution in [2.45, 2.75) is 25.7 Å². The average molecular weight is 245 g/mol. The Morgan fingerprint density at radius 1 is 1.11 bits per heavy atom. The monoisotopic (exact) mass is 245 g/mol. The summed E-state index contributed by atoms with van der Waals surface area (Å²) in [5.74, 6) is 1.93. The molecule has 3 heteroatoms. The third-order valence-corrected chi connectivity index (χ3v) is 3.69. The summed E-state index contributed by atoms with van der Waals surface area (Å²) < 4.78 is 5.74. The summed E-state index contributed by atoms with van der Waals surface area (Å²) in [5, 5.41) is 17.8. The number of aliphatic hydroxyl groups excluding tert-OH is 1. The molecule has 0 amide bonds. The molecule has 0 saturated heterocycles. The fourth-order valence-electron chi connectivity index (χ4n) is 2.42. The van der Waals surface area contributed by atoms with E-state index in [9.17, 15) is 0 Å². The van der Waals surface area contributed by atoms with Gasteiger partial charge in [0, 0.05) is 6.61 Å². The molecule has 1 aromatic rings. The molecule has 18 heavy (non-hydrogen) atoms. The molecule has 0 aromatic heterocycles. The van der Waals surface area contributed by atoms with Crippen LogP contribution in [0.1, 0.15) is 31.2 Å². The van der Waals surface area contributed by atoms with Gasteiger partial charge in [-0.2, -0.15) is 5.26 Å². The molecule has 3 nitrogen and oxygen atoms in total. The van der Waals surface area contributed by atoms with E-state index in [1.54, 1.807) is 12.1 Å². The first-order valence-corrected chi connectivity index (χ1v) is 6.55. The van der Waals surface area contributed by atoms with Gasteiger partial charge in [-0.05, 0) is 61.8 Å². The zero-order valence-corrected chi connectivity index (χ0v) is 10.5. The minimum absolute atomic E-state index is 0.323. The van der Waals surface area contributed by atoms with E-state index in [1.807, 2.05) is 12.1 Å². The van der Waals surface area contributed by atoms with Crippen molar-refractivity contribution in [3.63, 3.8) is 0 Å². The zero-order chi connectivity index (χ0) is 12.8. The van der Waals surface area contributed by atoms with Crippen LogP contribution in [0.3, 0.4) is 0 Å². The zero-order valence-electron chi connectivity index (χ0n) is 10.5. The van der Waals surface area contributed by atoms with Gasteiger partial charge in [0.25, 0.3) is 0 Å². The Morgan fingerprint density at radius 2 is 1.72 bits per heavy atom. The number of hydrogen-bond acceptors (Lipinski definition) is 3. The Hall–Kier alpha value is -1.53. The van der Waals surface area contributed by atoms with Crippen molar-refractivity contribution in [2.24, 2.45) is 11.8 Å². The molecule has 0 unspecified atom stereocenters. The van der Waals surface area contributed by atoms with E-state index in [2.05, 4.69) is 6.07 Å². The Bertz CT molecular complexity index is 399. The van der Waals surface area contributed by atoms with E-state index in [1.165, 1.54) is 0 Å². The fourth-order valence-corrected chi connectivity index (χ4v) is 2.42. The first-order chi connectivity index (χ1) is 8.81. The second kappa shape index (κ2) is 6.42. The van der Waals surface area contributed by atoms with Crippen LogP contribution in [0, 0.1) is 23.2 Å². The molecule has 96 valence electrons. The quantitative estimate of drug-likeness (QED) is 0.887. The molecule has 0 atom stereocenters. The minimum Gasteiger partial charge on any atom is -0.493 e. The smallest absolute Gasteiger partial charge is 0.119 e. The van der Waals surface area contributed by atoms with Crippen LogP contribution < -0.4 is 4.74 Å². The Morgan fingerprint density at radius 3 is 2.28 bits per heavy atom. The Kier molecular flexibility index (Phi) is 4.60. The van der Waals surface area contributed by atoms with E-state index in [4.69, 9.17) is 15.1 Å². The van der Waals surface area contributed by atoms with E-state index >= 15 is 0 Å². The topological polar surface area (TPSA) is 53.2 Å². The number of rotatable bonds is 4. The molecule has 2 rings (SSSR count). The van der Waals surface area contributed by atoms with E-state index in [0.29, 0.717) is 24.0 Å². The molecule has 1 aromatic carbocycles. The van der Waals surface area contributed by atoms with Crippen LogP contribution >= 0.6 is 0 Å². The summed E-state index contributed by atoms with van der Waals surface area (Å²) in [6.45, 7) is 1.06. The van der Waals surface area contributed by atoms with Crippen LogP contribution in [-0.2, 0) is 0 Å². The SMILES string of the molecule is N#Cc1ccc(OC[C@H]2CC[C@H](CO)CC2)cc1. The fraction of sp³-hybridized carbons (Fsp3) is 0.533. The van der Waals surface area contributed by atoms with Gasteiger partial charge in [0.1, 0.15) is 5.75 Å². The van der Waals surface area contributed by atoms with E-state index in [-0.39, 0.29) is 0 Å². The summed E-state index contributed by atoms with van der Waals surface area (Å²) in [6.07, 6.45) is 4.50. The van der Waals surface area contributed by atoms with Crippen molar-refractivity contribution < 1.29 is 9.84 Å². The highest BCUT2D eigenvalue weighted by atomic mass is 16.5. The molecule has 1 saturated carbocycles. The van der Waals surface area contributed by atoms with Gasteiger partial charge >= 0.3 is 0 Å². The number of nitrogens with zero attached hydrogens (tertiary/aromatic N) is 1. The summed E-state index contributed by atoms with van der Waals surface area (Å²) in [4.78, 5) is 0. The van der Waals surface area contributed by atoms with Gasteiger partial charge in [-0.1, -0.05) is 0 Å². The molecule has 0 bridgehead atoms. The van der Waals surface area contributed by atoms with Gasteiger partial charge in [-0.15, -0.1) is 0 Å². The molecule has 0 radical (unpaired) electrons. The standard InChI is InChI=1S/C15H19NO2/c16-9-12-5-7-15(8-6-12)18-11-14-3-1-13(10-17)2-4-14/h5-8,13-14,17H,1-4,10-11H2/t13-,14-. The lowest BCUT2D eigenvalue weighted by atomic mass is 9.83. The first-order valence-electron chi connectivity index (χ1n) is 6.55. The highest BCUT2D eigenvalue weighted by molar-refractivity contribution is 5.34. The number of hydrogen-bond donors (Lipinski definition) is 1. The molecular formula is C15H19NO2. The maximum Gasteiger partial charge on any atom is 0.119 e. The van der Waals surface area contributed by atoms with Crippen LogP contribution in [-0.4, -0.2) is 18.3 Å². The van der Waals surface area contributed by atoms with Gasteiger partial charge < -0.3 is 9.84 Å². The average Bonchev–Trinajstić information content (AvgIpc) is 2.46. The summed E-state index contributed by atoms with van der Waals surface area (Å²) in [6, 6.07) is 9.33. The largest absolute Gasteiger partial charge is 0.493 e. The van der Waals surface area contributed by atoms with Gasteiger partial charge in [-0.3, -0.25) is 0 Å². The molecule has 1 N–H and O–H groups in total. The molecule has 0 aliphatic heterocycles. The minimum atomic E-state index is 0.323. The van der Waals surface area contributed by atoms with Crippen molar-refractivity contribution in [3.8, 4) is 11.8 Å². The molecule has 1 fully saturated rings. The van der Waals surface area contributed by atoms with E-state index in [0.717, 1.165) is 38.0 Å². The lowest BCUT2D eigenvalue weighted by molar-refractivity contribution is 0.139. The molecule has 1 aliphatic carbocycles. The van der Waals surface area contributed by atoms with Crippen LogP contribution in [0.4, 0.5) is 0 Å². The third kappa shape index (κ3) is 3.48. The van der Waals surface area contributed by atoms with Gasteiger partial charge in [0.05, 0.1) is 18.2 Å². The Labute approximate surface area is 108 Å². The maximum atomic E-state index is 9.08. The highest BCUT2D eigenvalue weighted by Gasteiger charge is 2.20. The van der Waals surface area contributed by atoms with Crippen molar-refractivity contribution >= 4 is 0 Å². The van der Waals surface area contributed by atoms with Gasteiger partial charge in [0.2, 0.25) is 0 Å². The molecule has 0 spiro atoms. The highest BCUT2D eigenvalue weighted by Crippen LogP contribution is 2.28. The van der Waals surface area contributed by atoms with Crippen LogP contribution in [0.2, 0.25) is 0 Å². The third-order valence-electron chi connectivity index (χ3n) is 3.69. The first kappa shape index (κ1) is 12.9. The van der Waals surface area contributed by atoms with Crippen LogP contribution in [0.5, 0.6) is 5.75 Å². The lowest BCUT2D eigenvalue weighted by Crippen LogP contribution is -2.21. The van der Waals surface area contributed by atoms with Crippen LogP contribution in [0.15, 0.2) is 24.3 Å². The second-order valence-electron chi connectivity index (χ2n) is 5.02. The molecule has 1 aliphatic rings. The maximum absolute atomic E-state index is 9.08. The molecule has 0 heterocycles.